The van der Waals surface area contributed by atoms with Crippen LogP contribution in [0.3, 0.4) is 0 Å². The Kier molecular flexibility index (Phi) is 5.73. The predicted octanol–water partition coefficient (Wildman–Crippen LogP) is 7.17. The summed E-state index contributed by atoms with van der Waals surface area (Å²) in [7, 11) is 0. The number of nitrogens with one attached hydrogen (secondary N) is 1. The highest BCUT2D eigenvalue weighted by Crippen LogP contribution is 2.36. The molecule has 0 bridgehead atoms. The second-order valence-corrected chi connectivity index (χ2v) is 8.84. The Bertz CT molecular complexity index is 1120. The van der Waals surface area contributed by atoms with Crippen molar-refractivity contribution in [3.05, 3.63) is 76.4 Å². The van der Waals surface area contributed by atoms with Gasteiger partial charge in [-0.2, -0.15) is 0 Å². The largest absolute Gasteiger partial charge is 0.309 e. The van der Waals surface area contributed by atoms with E-state index in [1.807, 2.05) is 24.3 Å². The van der Waals surface area contributed by atoms with E-state index in [1.54, 1.807) is 0 Å². The van der Waals surface area contributed by atoms with Gasteiger partial charge in [-0.1, -0.05) is 80.3 Å². The van der Waals surface area contributed by atoms with Crippen LogP contribution in [0.2, 0.25) is 5.02 Å². The highest BCUT2D eigenvalue weighted by molar-refractivity contribution is 6.33. The minimum absolute atomic E-state index is 0.184. The van der Waals surface area contributed by atoms with Crippen molar-refractivity contribution >= 4 is 23.4 Å². The number of halogens is 1. The van der Waals surface area contributed by atoms with Crippen molar-refractivity contribution in [1.29, 1.82) is 0 Å². The quantitative estimate of drug-likeness (QED) is 0.477. The fourth-order valence-electron chi connectivity index (χ4n) is 4.75. The third-order valence-electron chi connectivity index (χ3n) is 6.40. The van der Waals surface area contributed by atoms with Gasteiger partial charge in [0.25, 0.3) is 0 Å². The molecule has 1 atom stereocenters. The maximum absolute atomic E-state index is 6.52. The van der Waals surface area contributed by atoms with Crippen LogP contribution < -0.4 is 5.32 Å². The van der Waals surface area contributed by atoms with Crippen molar-refractivity contribution in [3.8, 4) is 11.3 Å². The van der Waals surface area contributed by atoms with Gasteiger partial charge in [0, 0.05) is 27.8 Å². The van der Waals surface area contributed by atoms with Crippen LogP contribution in [-0.4, -0.2) is 15.8 Å². The first-order valence-corrected chi connectivity index (χ1v) is 11.7. The molecule has 3 aromatic rings. The van der Waals surface area contributed by atoms with E-state index in [9.17, 15) is 0 Å². The number of aromatic nitrogens is 2. The van der Waals surface area contributed by atoms with Crippen LogP contribution in [0.25, 0.3) is 11.3 Å². The molecular formula is C26H27ClN4. The van der Waals surface area contributed by atoms with Gasteiger partial charge in [0.1, 0.15) is 5.84 Å². The molecule has 1 saturated carbocycles. The molecule has 5 heteroatoms. The lowest BCUT2D eigenvalue weighted by atomic mass is 9.86. The van der Waals surface area contributed by atoms with Crippen LogP contribution in [0.5, 0.6) is 0 Å². The smallest absolute Gasteiger partial charge is 0.229 e. The lowest BCUT2D eigenvalue weighted by Crippen LogP contribution is -2.16. The van der Waals surface area contributed by atoms with Crippen LogP contribution in [0, 0.1) is 0 Å². The SMILES string of the molecule is CCC1N=C(Nc2nc(-c3ccccc3Cl)cc(C3CCCCC3)n2)c2ccccc21. The van der Waals surface area contributed by atoms with E-state index >= 15 is 0 Å². The summed E-state index contributed by atoms with van der Waals surface area (Å²) in [6, 6.07) is 18.6. The third-order valence-corrected chi connectivity index (χ3v) is 6.73. The minimum Gasteiger partial charge on any atom is -0.309 e. The molecule has 0 saturated heterocycles. The molecule has 5 rings (SSSR count). The average molecular weight is 431 g/mol. The van der Waals surface area contributed by atoms with Gasteiger partial charge in [-0.15, -0.1) is 0 Å². The van der Waals surface area contributed by atoms with Crippen LogP contribution in [-0.2, 0) is 0 Å². The highest BCUT2D eigenvalue weighted by atomic mass is 35.5. The van der Waals surface area contributed by atoms with Gasteiger partial charge < -0.3 is 5.32 Å². The number of fused-ring (bicyclic) bond motifs is 1. The van der Waals surface area contributed by atoms with E-state index in [-0.39, 0.29) is 6.04 Å². The summed E-state index contributed by atoms with van der Waals surface area (Å²) < 4.78 is 0. The van der Waals surface area contributed by atoms with Gasteiger partial charge >= 0.3 is 0 Å². The minimum atomic E-state index is 0.184. The number of nitrogens with zero attached hydrogens (tertiary/aromatic N) is 3. The Hall–Kier alpha value is -2.72. The van der Waals surface area contributed by atoms with Crippen molar-refractivity contribution in [3.63, 3.8) is 0 Å². The number of rotatable bonds is 4. The van der Waals surface area contributed by atoms with Crippen LogP contribution in [0.4, 0.5) is 5.95 Å². The monoisotopic (exact) mass is 430 g/mol. The number of benzene rings is 2. The summed E-state index contributed by atoms with van der Waals surface area (Å²) in [5.41, 5.74) is 5.31. The topological polar surface area (TPSA) is 50.2 Å². The second kappa shape index (κ2) is 8.80. The summed E-state index contributed by atoms with van der Waals surface area (Å²) >= 11 is 6.52. The normalized spacial score (nSPS) is 18.5. The molecule has 0 amide bonds. The zero-order chi connectivity index (χ0) is 21.2. The third kappa shape index (κ3) is 4.09. The van der Waals surface area contributed by atoms with Gasteiger partial charge in [0.15, 0.2) is 0 Å². The van der Waals surface area contributed by atoms with Gasteiger partial charge in [0.05, 0.1) is 11.7 Å². The lowest BCUT2D eigenvalue weighted by molar-refractivity contribution is 0.436. The summed E-state index contributed by atoms with van der Waals surface area (Å²) in [4.78, 5) is 14.7. The van der Waals surface area contributed by atoms with E-state index in [4.69, 9.17) is 26.6 Å². The Balaban J connectivity index is 1.55. The molecule has 4 nitrogen and oxygen atoms in total. The molecular weight excluding hydrogens is 404 g/mol. The van der Waals surface area contributed by atoms with Gasteiger partial charge in [-0.3, -0.25) is 4.99 Å². The zero-order valence-corrected chi connectivity index (χ0v) is 18.6. The molecule has 1 N–H and O–H groups in total. The molecule has 158 valence electrons. The highest BCUT2D eigenvalue weighted by Gasteiger charge is 2.25. The first-order valence-electron chi connectivity index (χ1n) is 11.3. The Labute approximate surface area is 188 Å². The first-order chi connectivity index (χ1) is 15.2. The van der Waals surface area contributed by atoms with Gasteiger partial charge in [0.2, 0.25) is 5.95 Å². The van der Waals surface area contributed by atoms with Crippen molar-refractivity contribution < 1.29 is 0 Å². The lowest BCUT2D eigenvalue weighted by Gasteiger charge is -2.22. The summed E-state index contributed by atoms with van der Waals surface area (Å²) in [5.74, 6) is 1.93. The molecule has 31 heavy (non-hydrogen) atoms. The molecule has 1 aliphatic carbocycles. The van der Waals surface area contributed by atoms with Gasteiger partial charge in [-0.25, -0.2) is 9.97 Å². The number of aliphatic imine (C=N–C) groups is 1. The van der Waals surface area contributed by atoms with Crippen LogP contribution in [0.15, 0.2) is 59.6 Å². The van der Waals surface area contributed by atoms with Crippen molar-refractivity contribution in [2.45, 2.75) is 57.4 Å². The standard InChI is InChI=1S/C26H27ClN4/c1-2-22-18-12-6-7-13-19(18)25(28-22)31-26-29-23(17-10-4-3-5-11-17)16-24(30-26)20-14-8-9-15-21(20)27/h6-9,12-17,22H,2-5,10-11H2,1H3,(H,28,29,30,31). The molecule has 1 fully saturated rings. The Morgan fingerprint density at radius 2 is 1.68 bits per heavy atom. The Morgan fingerprint density at radius 1 is 0.935 bits per heavy atom. The number of hydrogen-bond acceptors (Lipinski definition) is 4. The van der Waals surface area contributed by atoms with E-state index < -0.39 is 0 Å². The van der Waals surface area contributed by atoms with Crippen LogP contribution >= 0.6 is 11.6 Å². The van der Waals surface area contributed by atoms with Crippen molar-refractivity contribution in [2.24, 2.45) is 4.99 Å². The fourth-order valence-corrected chi connectivity index (χ4v) is 4.98. The summed E-state index contributed by atoms with van der Waals surface area (Å²) in [6.45, 7) is 2.17. The average Bonchev–Trinajstić information content (AvgIpc) is 3.17. The molecule has 0 spiro atoms. The molecule has 2 aromatic carbocycles. The molecule has 1 unspecified atom stereocenters. The molecule has 2 aliphatic rings. The van der Waals surface area contributed by atoms with Crippen molar-refractivity contribution in [1.82, 2.24) is 9.97 Å². The van der Waals surface area contributed by atoms with E-state index in [0.29, 0.717) is 16.9 Å². The number of anilines is 1. The van der Waals surface area contributed by atoms with Crippen LogP contribution in [0.1, 0.15) is 74.2 Å². The van der Waals surface area contributed by atoms with E-state index in [2.05, 4.69) is 42.6 Å². The molecule has 2 heterocycles. The maximum Gasteiger partial charge on any atom is 0.229 e. The predicted molar refractivity (Wildman–Crippen MR) is 128 cm³/mol. The molecule has 1 aliphatic heterocycles. The Morgan fingerprint density at radius 3 is 2.45 bits per heavy atom. The van der Waals surface area contributed by atoms with Crippen molar-refractivity contribution in [2.75, 3.05) is 5.32 Å². The summed E-state index contributed by atoms with van der Waals surface area (Å²) in [6.07, 6.45) is 7.17. The molecule has 0 radical (unpaired) electrons. The first kappa shape index (κ1) is 20.2. The number of amidine groups is 1. The van der Waals surface area contributed by atoms with E-state index in [1.165, 1.54) is 37.7 Å². The maximum atomic E-state index is 6.52. The number of hydrogen-bond donors (Lipinski definition) is 1. The second-order valence-electron chi connectivity index (χ2n) is 8.43. The van der Waals surface area contributed by atoms with E-state index in [0.717, 1.165) is 34.8 Å². The zero-order valence-electron chi connectivity index (χ0n) is 17.8. The summed E-state index contributed by atoms with van der Waals surface area (Å²) in [5, 5.41) is 4.16. The molecule has 1 aromatic heterocycles. The van der Waals surface area contributed by atoms with Gasteiger partial charge in [-0.05, 0) is 37.0 Å². The fraction of sp³-hybridized carbons (Fsp3) is 0.346.